The zero-order valence-corrected chi connectivity index (χ0v) is 12.9. The number of nitrogen functional groups attached to an aromatic ring is 1. The highest BCUT2D eigenvalue weighted by molar-refractivity contribution is 5.82. The van der Waals surface area contributed by atoms with Crippen molar-refractivity contribution in [1.29, 1.82) is 0 Å². The fourth-order valence-corrected chi connectivity index (χ4v) is 2.88. The van der Waals surface area contributed by atoms with Gasteiger partial charge in [-0.2, -0.15) is 14.4 Å². The van der Waals surface area contributed by atoms with E-state index in [-0.39, 0.29) is 6.23 Å². The van der Waals surface area contributed by atoms with Gasteiger partial charge in [0.05, 0.1) is 6.33 Å². The Morgan fingerprint density at radius 2 is 2.21 bits per heavy atom. The van der Waals surface area contributed by atoms with E-state index in [9.17, 15) is 4.39 Å². The summed E-state index contributed by atoms with van der Waals surface area (Å²) in [6.07, 6.45) is 2.50. The quantitative estimate of drug-likeness (QED) is 0.565. The maximum Gasteiger partial charge on any atom is 0.312 e. The van der Waals surface area contributed by atoms with Crippen LogP contribution >= 0.6 is 0 Å². The molecule has 1 unspecified atom stereocenters. The monoisotopic (exact) mass is 328 g/mol. The lowest BCUT2D eigenvalue weighted by molar-refractivity contribution is 0.0592. The first kappa shape index (κ1) is 14.8. The second kappa shape index (κ2) is 6.04. The lowest BCUT2D eigenvalue weighted by Crippen LogP contribution is -2.09. The summed E-state index contributed by atoms with van der Waals surface area (Å²) in [4.78, 5) is 12.1. The van der Waals surface area contributed by atoms with Crippen molar-refractivity contribution in [2.24, 2.45) is 0 Å². The zero-order chi connectivity index (χ0) is 16.5. The molecule has 24 heavy (non-hydrogen) atoms. The van der Waals surface area contributed by atoms with E-state index in [0.717, 1.165) is 18.4 Å². The van der Waals surface area contributed by atoms with Gasteiger partial charge in [-0.1, -0.05) is 18.2 Å². The molecule has 1 aliphatic rings. The van der Waals surface area contributed by atoms with Crippen molar-refractivity contribution in [3.8, 4) is 0 Å². The lowest BCUT2D eigenvalue weighted by Gasteiger charge is -2.12. The molecule has 1 saturated heterocycles. The van der Waals surface area contributed by atoms with E-state index in [2.05, 4.69) is 20.3 Å². The first-order valence-electron chi connectivity index (χ1n) is 7.81. The molecule has 0 bridgehead atoms. The van der Waals surface area contributed by atoms with Crippen LogP contribution in [0, 0.1) is 6.08 Å². The first-order chi connectivity index (χ1) is 11.7. The van der Waals surface area contributed by atoms with E-state index >= 15 is 0 Å². The number of benzene rings is 1. The standard InChI is InChI=1S/C16H17FN6O/c17-16-21-14(19-8-10-4-1-2-5-11(10)18)13-15(22-16)23(9-20-13)12-6-3-7-24-12/h1-2,4-5,9,12H,3,6-8,18H2,(H,19,21,22). The highest BCUT2D eigenvalue weighted by Crippen LogP contribution is 2.28. The minimum absolute atomic E-state index is 0.151. The van der Waals surface area contributed by atoms with Crippen LogP contribution in [0.1, 0.15) is 24.6 Å². The Labute approximate surface area is 137 Å². The molecule has 0 radical (unpaired) electrons. The van der Waals surface area contributed by atoms with Crippen LogP contribution in [0.4, 0.5) is 15.9 Å². The van der Waals surface area contributed by atoms with E-state index in [1.807, 2.05) is 24.3 Å². The molecule has 8 heteroatoms. The average Bonchev–Trinajstić information content (AvgIpc) is 3.22. The zero-order valence-electron chi connectivity index (χ0n) is 12.9. The third kappa shape index (κ3) is 2.65. The normalized spacial score (nSPS) is 17.5. The Morgan fingerprint density at radius 1 is 1.33 bits per heavy atom. The van der Waals surface area contributed by atoms with Crippen molar-refractivity contribution in [2.45, 2.75) is 25.6 Å². The molecule has 1 atom stereocenters. The summed E-state index contributed by atoms with van der Waals surface area (Å²) in [6.45, 7) is 1.11. The summed E-state index contributed by atoms with van der Waals surface area (Å²) >= 11 is 0. The molecule has 1 aromatic carbocycles. The number of aromatic nitrogens is 4. The van der Waals surface area contributed by atoms with E-state index < -0.39 is 6.08 Å². The molecular formula is C16H17FN6O. The van der Waals surface area contributed by atoms with Gasteiger partial charge in [0.2, 0.25) is 0 Å². The Balaban J connectivity index is 1.66. The SMILES string of the molecule is Nc1ccccc1CNc1nc(F)nc2c1ncn2C1CCCO1. The van der Waals surface area contributed by atoms with Crippen LogP contribution in [0.5, 0.6) is 0 Å². The van der Waals surface area contributed by atoms with E-state index in [1.165, 1.54) is 0 Å². The van der Waals surface area contributed by atoms with Gasteiger partial charge >= 0.3 is 6.08 Å². The second-order valence-electron chi connectivity index (χ2n) is 5.69. The van der Waals surface area contributed by atoms with Gasteiger partial charge in [0.15, 0.2) is 17.0 Å². The average molecular weight is 328 g/mol. The van der Waals surface area contributed by atoms with Gasteiger partial charge in [-0.05, 0) is 24.5 Å². The predicted octanol–water partition coefficient (Wildman–Crippen LogP) is 2.47. The number of fused-ring (bicyclic) bond motifs is 1. The summed E-state index contributed by atoms with van der Waals surface area (Å²) in [5, 5.41) is 3.10. The van der Waals surface area contributed by atoms with E-state index in [4.69, 9.17) is 10.5 Å². The molecule has 0 amide bonds. The van der Waals surface area contributed by atoms with Gasteiger partial charge in [0.25, 0.3) is 0 Å². The Morgan fingerprint density at radius 3 is 3.00 bits per heavy atom. The van der Waals surface area contributed by atoms with Crippen LogP contribution in [0.3, 0.4) is 0 Å². The topological polar surface area (TPSA) is 90.9 Å². The van der Waals surface area contributed by atoms with Crippen LogP contribution < -0.4 is 11.1 Å². The van der Waals surface area contributed by atoms with Crippen molar-refractivity contribution < 1.29 is 9.13 Å². The maximum atomic E-state index is 13.9. The maximum absolute atomic E-state index is 13.9. The number of rotatable bonds is 4. The first-order valence-corrected chi connectivity index (χ1v) is 7.81. The van der Waals surface area contributed by atoms with Crippen LogP contribution in [0.2, 0.25) is 0 Å². The van der Waals surface area contributed by atoms with Gasteiger partial charge in [-0.3, -0.25) is 4.57 Å². The number of para-hydroxylation sites is 1. The number of imidazole rings is 1. The highest BCUT2D eigenvalue weighted by Gasteiger charge is 2.22. The molecule has 0 saturated carbocycles. The molecule has 3 aromatic rings. The van der Waals surface area contributed by atoms with Gasteiger partial charge < -0.3 is 15.8 Å². The number of anilines is 2. The smallest absolute Gasteiger partial charge is 0.312 e. The molecule has 0 spiro atoms. The molecule has 7 nitrogen and oxygen atoms in total. The van der Waals surface area contributed by atoms with Crippen molar-refractivity contribution in [3.05, 3.63) is 42.2 Å². The van der Waals surface area contributed by atoms with Crippen molar-refractivity contribution in [2.75, 3.05) is 17.7 Å². The number of halogens is 1. The fourth-order valence-electron chi connectivity index (χ4n) is 2.88. The van der Waals surface area contributed by atoms with Crippen LogP contribution in [-0.4, -0.2) is 26.1 Å². The molecule has 3 heterocycles. The van der Waals surface area contributed by atoms with E-state index in [0.29, 0.717) is 35.8 Å². The van der Waals surface area contributed by atoms with Gasteiger partial charge in [-0.25, -0.2) is 4.98 Å². The summed E-state index contributed by atoms with van der Waals surface area (Å²) in [6, 6.07) is 7.49. The van der Waals surface area contributed by atoms with Crippen LogP contribution in [0.15, 0.2) is 30.6 Å². The summed E-state index contributed by atoms with van der Waals surface area (Å²) in [5.74, 6) is 0.345. The molecule has 2 aromatic heterocycles. The highest BCUT2D eigenvalue weighted by atomic mass is 19.1. The number of hydrogen-bond acceptors (Lipinski definition) is 6. The number of nitrogens with zero attached hydrogens (tertiary/aromatic N) is 4. The molecule has 3 N–H and O–H groups in total. The minimum atomic E-state index is -0.800. The molecule has 1 aliphatic heterocycles. The minimum Gasteiger partial charge on any atom is -0.398 e. The van der Waals surface area contributed by atoms with E-state index in [1.54, 1.807) is 10.9 Å². The van der Waals surface area contributed by atoms with Crippen molar-refractivity contribution in [3.63, 3.8) is 0 Å². The Bertz CT molecular complexity index is 874. The molecular weight excluding hydrogens is 311 g/mol. The molecule has 4 rings (SSSR count). The third-order valence-corrected chi connectivity index (χ3v) is 4.11. The Kier molecular flexibility index (Phi) is 3.73. The van der Waals surface area contributed by atoms with Crippen LogP contribution in [-0.2, 0) is 11.3 Å². The molecule has 1 fully saturated rings. The molecule has 124 valence electrons. The third-order valence-electron chi connectivity index (χ3n) is 4.11. The van der Waals surface area contributed by atoms with Gasteiger partial charge in [-0.15, -0.1) is 0 Å². The number of hydrogen-bond donors (Lipinski definition) is 2. The summed E-state index contributed by atoms with van der Waals surface area (Å²) < 4.78 is 21.3. The number of nitrogens with two attached hydrogens (primary N) is 1. The second-order valence-corrected chi connectivity index (χ2v) is 5.69. The number of ether oxygens (including phenoxy) is 1. The summed E-state index contributed by atoms with van der Waals surface area (Å²) in [5.41, 5.74) is 8.45. The van der Waals surface area contributed by atoms with Crippen LogP contribution in [0.25, 0.3) is 11.2 Å². The predicted molar refractivity (Wildman–Crippen MR) is 87.7 cm³/mol. The Hall–Kier alpha value is -2.74. The molecule has 0 aliphatic carbocycles. The number of nitrogens with one attached hydrogen (secondary N) is 1. The largest absolute Gasteiger partial charge is 0.398 e. The van der Waals surface area contributed by atoms with Crippen molar-refractivity contribution >= 4 is 22.7 Å². The van der Waals surface area contributed by atoms with Crippen molar-refractivity contribution in [1.82, 2.24) is 19.5 Å². The lowest BCUT2D eigenvalue weighted by atomic mass is 10.2. The summed E-state index contributed by atoms with van der Waals surface area (Å²) in [7, 11) is 0. The fraction of sp³-hybridized carbons (Fsp3) is 0.312. The van der Waals surface area contributed by atoms with Gasteiger partial charge in [0.1, 0.15) is 6.23 Å². The van der Waals surface area contributed by atoms with Gasteiger partial charge in [0, 0.05) is 18.8 Å².